The normalized spacial score (nSPS) is 0. The van der Waals surface area contributed by atoms with E-state index in [9.17, 15) is 0 Å². The van der Waals surface area contributed by atoms with E-state index in [-0.39, 0.29) is 133 Å². The van der Waals surface area contributed by atoms with E-state index in [2.05, 4.69) is 0 Å². The summed E-state index contributed by atoms with van der Waals surface area (Å²) in [4.78, 5) is 0. The van der Waals surface area contributed by atoms with Crippen LogP contribution in [0.1, 0.15) is 0 Å². The van der Waals surface area contributed by atoms with Gasteiger partial charge in [-0.1, -0.05) is 0 Å². The van der Waals surface area contributed by atoms with Crippen LogP contribution < -0.4 is 0 Å². The molecule has 0 aromatic rings. The maximum absolute atomic E-state index is 0. The van der Waals surface area contributed by atoms with Crippen LogP contribution in [0.2, 0.25) is 0 Å². The standard InChI is InChI=1S/2La.2Mn.5O/q2*+3;2*+2;5*-2. The molecular weight excluding hydrogens is 468 g/mol. The van der Waals surface area contributed by atoms with Gasteiger partial charge in [0, 0.05) is 0 Å². The van der Waals surface area contributed by atoms with E-state index in [1.54, 1.807) is 0 Å². The molecule has 0 amide bonds. The Kier molecular flexibility index (Phi) is 1850. The third kappa shape index (κ3) is 91.7. The quantitative estimate of drug-likeness (QED) is 0.419. The first-order valence-corrected chi connectivity index (χ1v) is 0. The summed E-state index contributed by atoms with van der Waals surface area (Å²) in [5.41, 5.74) is 0. The minimum absolute atomic E-state index is 0. The van der Waals surface area contributed by atoms with Crippen molar-refractivity contribution in [3.8, 4) is 0 Å². The molecule has 0 aliphatic heterocycles. The van der Waals surface area contributed by atoms with Gasteiger partial charge in [0.1, 0.15) is 0 Å². The van der Waals surface area contributed by atoms with Crippen LogP contribution in [0, 0.1) is 71.2 Å². The van der Waals surface area contributed by atoms with Crippen molar-refractivity contribution in [1.29, 1.82) is 0 Å². The summed E-state index contributed by atoms with van der Waals surface area (Å²) < 4.78 is 0. The van der Waals surface area contributed by atoms with Gasteiger partial charge >= 0.3 is 105 Å². The molecule has 0 heterocycles. The van der Waals surface area contributed by atoms with Gasteiger partial charge in [-0.05, 0) is 0 Å². The summed E-state index contributed by atoms with van der Waals surface area (Å²) in [6, 6.07) is 0. The molecule has 0 aliphatic rings. The average molecular weight is 468 g/mol. The second-order valence-corrected chi connectivity index (χ2v) is 0. The molecule has 5 nitrogen and oxygen atoms in total. The van der Waals surface area contributed by atoms with Crippen LogP contribution in [-0.2, 0) is 61.5 Å². The van der Waals surface area contributed by atoms with Crippen molar-refractivity contribution < 1.29 is 133 Å². The van der Waals surface area contributed by atoms with E-state index in [0.717, 1.165) is 0 Å². The molecular formula is La2Mn2O5. The Morgan fingerprint density at radius 1 is 0.333 bits per heavy atom. The summed E-state index contributed by atoms with van der Waals surface area (Å²) in [5.74, 6) is 0. The molecule has 0 saturated carbocycles. The Bertz CT molecular complexity index is 12.9. The second kappa shape index (κ2) is 113. The largest absolute Gasteiger partial charge is 3.00 e. The summed E-state index contributed by atoms with van der Waals surface area (Å²) >= 11 is 0. The molecule has 50 valence electrons. The summed E-state index contributed by atoms with van der Waals surface area (Å²) in [6.45, 7) is 0. The molecule has 0 spiro atoms. The van der Waals surface area contributed by atoms with Gasteiger partial charge in [0.05, 0.1) is 0 Å². The average Bonchev–Trinajstić information content (AvgIpc) is 0. The van der Waals surface area contributed by atoms with Crippen molar-refractivity contribution in [1.82, 2.24) is 0 Å². The van der Waals surface area contributed by atoms with Gasteiger partial charge in [0.15, 0.2) is 0 Å². The number of hydrogen-bond acceptors (Lipinski definition) is 0. The third-order valence-electron chi connectivity index (χ3n) is 0. The zero-order valence-electron chi connectivity index (χ0n) is 3.95. The molecule has 2 radical (unpaired) electrons. The fraction of sp³-hybridized carbons (Fsp3) is 0. The monoisotopic (exact) mass is 468 g/mol. The molecule has 0 aliphatic carbocycles. The molecule has 0 rings (SSSR count). The van der Waals surface area contributed by atoms with Crippen LogP contribution in [-0.4, -0.2) is 0 Å². The predicted molar refractivity (Wildman–Crippen MR) is 3.43 cm³/mol. The van der Waals surface area contributed by atoms with E-state index in [4.69, 9.17) is 0 Å². The Balaban J connectivity index is 0. The number of hydrogen-bond donors (Lipinski definition) is 0. The zero-order valence-corrected chi connectivity index (χ0v) is 13.6. The van der Waals surface area contributed by atoms with Crippen LogP contribution in [0.4, 0.5) is 0 Å². The van der Waals surface area contributed by atoms with Crippen LogP contribution in [0.5, 0.6) is 0 Å². The fourth-order valence-electron chi connectivity index (χ4n) is 0. The van der Waals surface area contributed by atoms with E-state index >= 15 is 0 Å². The van der Waals surface area contributed by atoms with Crippen molar-refractivity contribution in [3.05, 3.63) is 0 Å². The maximum atomic E-state index is 0. The molecule has 0 aromatic heterocycles. The molecule has 0 bridgehead atoms. The molecule has 0 unspecified atom stereocenters. The third-order valence-corrected chi connectivity index (χ3v) is 0. The van der Waals surface area contributed by atoms with Gasteiger partial charge in [0.2, 0.25) is 0 Å². The fourth-order valence-corrected chi connectivity index (χ4v) is 0. The van der Waals surface area contributed by atoms with Gasteiger partial charge in [-0.3, -0.25) is 0 Å². The van der Waals surface area contributed by atoms with E-state index in [1.807, 2.05) is 0 Å². The van der Waals surface area contributed by atoms with E-state index < -0.39 is 0 Å². The van der Waals surface area contributed by atoms with Crippen LogP contribution in [0.3, 0.4) is 0 Å². The first-order valence-electron chi connectivity index (χ1n) is 0. The first kappa shape index (κ1) is 148. The second-order valence-electron chi connectivity index (χ2n) is 0. The van der Waals surface area contributed by atoms with Crippen molar-refractivity contribution in [2.45, 2.75) is 0 Å². The van der Waals surface area contributed by atoms with Gasteiger partial charge < -0.3 is 27.4 Å². The van der Waals surface area contributed by atoms with Crippen molar-refractivity contribution in [2.24, 2.45) is 0 Å². The molecule has 0 fully saturated rings. The minimum atomic E-state index is 0. The predicted octanol–water partition coefficient (Wildman–Crippen LogP) is -0.599. The number of rotatable bonds is 0. The molecule has 0 saturated heterocycles. The summed E-state index contributed by atoms with van der Waals surface area (Å²) in [6.07, 6.45) is 0. The van der Waals surface area contributed by atoms with Crippen molar-refractivity contribution in [2.75, 3.05) is 0 Å². The minimum Gasteiger partial charge on any atom is -2.00 e. The summed E-state index contributed by atoms with van der Waals surface area (Å²) in [7, 11) is 0. The Labute approximate surface area is 130 Å². The van der Waals surface area contributed by atoms with Gasteiger partial charge in [-0.15, -0.1) is 0 Å². The summed E-state index contributed by atoms with van der Waals surface area (Å²) in [5, 5.41) is 0. The SMILES string of the molecule is [La+3].[La+3].[Mn+2].[Mn+2].[O-2].[O-2].[O-2].[O-2].[O-2]. The Morgan fingerprint density at radius 2 is 0.333 bits per heavy atom. The molecule has 0 atom stereocenters. The van der Waals surface area contributed by atoms with Crippen LogP contribution >= 0.6 is 0 Å². The van der Waals surface area contributed by atoms with Crippen molar-refractivity contribution >= 4 is 0 Å². The van der Waals surface area contributed by atoms with Gasteiger partial charge in [-0.2, -0.15) is 0 Å². The molecule has 0 aromatic carbocycles. The van der Waals surface area contributed by atoms with Crippen LogP contribution in [0.25, 0.3) is 0 Å². The smallest absolute Gasteiger partial charge is 2.00 e. The van der Waals surface area contributed by atoms with Gasteiger partial charge in [-0.25, -0.2) is 0 Å². The van der Waals surface area contributed by atoms with E-state index in [0.29, 0.717) is 0 Å². The van der Waals surface area contributed by atoms with Gasteiger partial charge in [0.25, 0.3) is 0 Å². The maximum Gasteiger partial charge on any atom is 3.00 e. The topological polar surface area (TPSA) is 142 Å². The first-order chi connectivity index (χ1) is 0. The Morgan fingerprint density at radius 3 is 0.333 bits per heavy atom. The van der Waals surface area contributed by atoms with Crippen LogP contribution in [0.15, 0.2) is 0 Å². The van der Waals surface area contributed by atoms with E-state index in [1.165, 1.54) is 0 Å². The Hall–Kier alpha value is 3.23. The molecule has 9 heavy (non-hydrogen) atoms. The zero-order chi connectivity index (χ0) is 0. The molecule has 0 N–H and O–H groups in total. The van der Waals surface area contributed by atoms with Crippen molar-refractivity contribution in [3.63, 3.8) is 0 Å². The molecule has 9 heteroatoms.